The van der Waals surface area contributed by atoms with E-state index >= 15 is 0 Å². The molecule has 150 valence electrons. The Balaban J connectivity index is 1.51. The first-order valence-electron chi connectivity index (χ1n) is 9.75. The first-order valence-corrected chi connectivity index (χ1v) is 9.75. The van der Waals surface area contributed by atoms with E-state index in [4.69, 9.17) is 4.74 Å². The smallest absolute Gasteiger partial charge is 0.251 e. The summed E-state index contributed by atoms with van der Waals surface area (Å²) in [5.41, 5.74) is 2.40. The fraction of sp³-hybridized carbons (Fsp3) is 0.333. The summed E-state index contributed by atoms with van der Waals surface area (Å²) in [6.07, 6.45) is 3.85. The summed E-state index contributed by atoms with van der Waals surface area (Å²) in [5.74, 6) is 0.721. The van der Waals surface area contributed by atoms with Crippen molar-refractivity contribution in [3.05, 3.63) is 66.0 Å². The van der Waals surface area contributed by atoms with Crippen LogP contribution in [0.15, 0.2) is 54.9 Å². The maximum atomic E-state index is 12.8. The van der Waals surface area contributed by atoms with Crippen LogP contribution in [0, 0.1) is 0 Å². The SMILES string of the molecule is COc1ccccc1C(CNC(=O)c1cccc(-n2cnnn2)c1)N1CCCC1. The minimum atomic E-state index is -0.126. The van der Waals surface area contributed by atoms with Crippen molar-refractivity contribution in [2.24, 2.45) is 0 Å². The quantitative estimate of drug-likeness (QED) is 0.664. The van der Waals surface area contributed by atoms with Gasteiger partial charge in [-0.05, 0) is 60.6 Å². The molecule has 1 fully saturated rings. The topological polar surface area (TPSA) is 85.2 Å². The lowest BCUT2D eigenvalue weighted by molar-refractivity contribution is 0.0937. The minimum absolute atomic E-state index is 0.0697. The summed E-state index contributed by atoms with van der Waals surface area (Å²) < 4.78 is 7.10. The molecule has 0 spiro atoms. The van der Waals surface area contributed by atoms with Gasteiger partial charge in [-0.25, -0.2) is 4.68 Å². The second-order valence-electron chi connectivity index (χ2n) is 7.02. The summed E-state index contributed by atoms with van der Waals surface area (Å²) in [7, 11) is 1.68. The van der Waals surface area contributed by atoms with Crippen molar-refractivity contribution in [2.75, 3.05) is 26.7 Å². The number of hydrogen-bond donors (Lipinski definition) is 1. The number of nitrogens with one attached hydrogen (secondary N) is 1. The van der Waals surface area contributed by atoms with E-state index in [1.807, 2.05) is 30.3 Å². The van der Waals surface area contributed by atoms with Gasteiger partial charge in [-0.1, -0.05) is 24.3 Å². The predicted molar refractivity (Wildman–Crippen MR) is 108 cm³/mol. The average molecular weight is 392 g/mol. The molecule has 1 atom stereocenters. The molecular weight excluding hydrogens is 368 g/mol. The van der Waals surface area contributed by atoms with Crippen LogP contribution < -0.4 is 10.1 Å². The Bertz CT molecular complexity index is 953. The number of rotatable bonds is 7. The molecule has 0 aliphatic carbocycles. The molecule has 2 heterocycles. The number of benzene rings is 2. The average Bonchev–Trinajstić information content (AvgIpc) is 3.49. The Hall–Kier alpha value is -3.26. The lowest BCUT2D eigenvalue weighted by Gasteiger charge is -2.29. The van der Waals surface area contributed by atoms with Gasteiger partial charge in [0.15, 0.2) is 0 Å². The second-order valence-corrected chi connectivity index (χ2v) is 7.02. The molecule has 1 unspecified atom stereocenters. The first kappa shape index (κ1) is 19.1. The van der Waals surface area contributed by atoms with Crippen LogP contribution in [0.4, 0.5) is 0 Å². The van der Waals surface area contributed by atoms with Gasteiger partial charge in [-0.3, -0.25) is 9.69 Å². The van der Waals surface area contributed by atoms with Gasteiger partial charge < -0.3 is 10.1 Å². The number of ether oxygens (including phenoxy) is 1. The van der Waals surface area contributed by atoms with Gasteiger partial charge in [0, 0.05) is 17.7 Å². The van der Waals surface area contributed by atoms with Gasteiger partial charge in [-0.15, -0.1) is 5.10 Å². The predicted octanol–water partition coefficient (Wildman–Crippen LogP) is 2.24. The van der Waals surface area contributed by atoms with Crippen LogP contribution in [0.2, 0.25) is 0 Å². The molecule has 3 aromatic rings. The van der Waals surface area contributed by atoms with Crippen LogP contribution in [-0.2, 0) is 0 Å². The number of methoxy groups -OCH3 is 1. The molecule has 1 amide bonds. The Kier molecular flexibility index (Phi) is 5.81. The summed E-state index contributed by atoms with van der Waals surface area (Å²) in [4.78, 5) is 15.3. The van der Waals surface area contributed by atoms with Crippen LogP contribution in [0.25, 0.3) is 5.69 Å². The van der Waals surface area contributed by atoms with Crippen LogP contribution in [0.5, 0.6) is 5.75 Å². The Labute approximate surface area is 169 Å². The molecule has 0 saturated carbocycles. The maximum Gasteiger partial charge on any atom is 0.251 e. The van der Waals surface area contributed by atoms with E-state index in [0.29, 0.717) is 12.1 Å². The van der Waals surface area contributed by atoms with Gasteiger partial charge in [0.2, 0.25) is 0 Å². The number of carbonyl (C=O) groups excluding carboxylic acids is 1. The van der Waals surface area contributed by atoms with E-state index in [1.165, 1.54) is 23.9 Å². The van der Waals surface area contributed by atoms with Gasteiger partial charge in [-0.2, -0.15) is 0 Å². The van der Waals surface area contributed by atoms with Crippen molar-refractivity contribution < 1.29 is 9.53 Å². The Morgan fingerprint density at radius 2 is 2.00 bits per heavy atom. The molecule has 29 heavy (non-hydrogen) atoms. The van der Waals surface area contributed by atoms with Crippen molar-refractivity contribution >= 4 is 5.91 Å². The first-order chi connectivity index (χ1) is 14.3. The van der Waals surface area contributed by atoms with Crippen molar-refractivity contribution in [1.82, 2.24) is 30.4 Å². The van der Waals surface area contributed by atoms with Crippen LogP contribution in [0.3, 0.4) is 0 Å². The van der Waals surface area contributed by atoms with Crippen LogP contribution >= 0.6 is 0 Å². The van der Waals surface area contributed by atoms with Gasteiger partial charge >= 0.3 is 0 Å². The number of aromatic nitrogens is 4. The largest absolute Gasteiger partial charge is 0.496 e. The molecule has 0 radical (unpaired) electrons. The zero-order valence-electron chi connectivity index (χ0n) is 16.4. The number of likely N-dealkylation sites (tertiary alicyclic amines) is 1. The molecule has 2 aromatic carbocycles. The van der Waals surface area contributed by atoms with Gasteiger partial charge in [0.1, 0.15) is 12.1 Å². The van der Waals surface area contributed by atoms with E-state index < -0.39 is 0 Å². The lowest BCUT2D eigenvalue weighted by Crippen LogP contribution is -2.37. The fourth-order valence-corrected chi connectivity index (χ4v) is 3.79. The molecule has 1 aliphatic rings. The van der Waals surface area contributed by atoms with Crippen molar-refractivity contribution in [3.8, 4) is 11.4 Å². The number of hydrogen-bond acceptors (Lipinski definition) is 6. The number of amides is 1. The van der Waals surface area contributed by atoms with Crippen molar-refractivity contribution in [2.45, 2.75) is 18.9 Å². The monoisotopic (exact) mass is 392 g/mol. The summed E-state index contributed by atoms with van der Waals surface area (Å²) in [6.45, 7) is 2.55. The molecule has 8 heteroatoms. The van der Waals surface area contributed by atoms with E-state index in [2.05, 4.69) is 31.8 Å². The standard InChI is InChI=1S/C21H24N6O2/c1-29-20-10-3-2-9-18(20)19(26-11-4-5-12-26)14-22-21(28)16-7-6-8-17(13-16)27-15-23-24-25-27/h2-3,6-10,13,15,19H,4-5,11-12,14H2,1H3,(H,22,28). The van der Waals surface area contributed by atoms with E-state index in [-0.39, 0.29) is 11.9 Å². The third kappa shape index (κ3) is 4.27. The van der Waals surface area contributed by atoms with E-state index in [1.54, 1.807) is 19.2 Å². The molecule has 1 aliphatic heterocycles. The van der Waals surface area contributed by atoms with Gasteiger partial charge in [0.05, 0.1) is 18.8 Å². The summed E-state index contributed by atoms with van der Waals surface area (Å²) in [5, 5.41) is 14.3. The maximum absolute atomic E-state index is 12.8. The zero-order chi connectivity index (χ0) is 20.1. The summed E-state index contributed by atoms with van der Waals surface area (Å²) >= 11 is 0. The molecule has 4 rings (SSSR count). The highest BCUT2D eigenvalue weighted by Crippen LogP contribution is 2.31. The number of carbonyl (C=O) groups is 1. The Morgan fingerprint density at radius 1 is 1.17 bits per heavy atom. The third-order valence-corrected chi connectivity index (χ3v) is 5.26. The molecule has 1 N–H and O–H groups in total. The number of nitrogens with zero attached hydrogens (tertiary/aromatic N) is 5. The van der Waals surface area contributed by atoms with Gasteiger partial charge in [0.25, 0.3) is 5.91 Å². The highest BCUT2D eigenvalue weighted by molar-refractivity contribution is 5.94. The molecule has 8 nitrogen and oxygen atoms in total. The minimum Gasteiger partial charge on any atom is -0.496 e. The second kappa shape index (κ2) is 8.83. The lowest BCUT2D eigenvalue weighted by atomic mass is 10.0. The highest BCUT2D eigenvalue weighted by Gasteiger charge is 2.26. The fourth-order valence-electron chi connectivity index (χ4n) is 3.79. The Morgan fingerprint density at radius 3 is 2.76 bits per heavy atom. The van der Waals surface area contributed by atoms with Crippen LogP contribution in [-0.4, -0.2) is 57.8 Å². The molecular formula is C21H24N6O2. The van der Waals surface area contributed by atoms with Crippen molar-refractivity contribution in [3.63, 3.8) is 0 Å². The summed E-state index contributed by atoms with van der Waals surface area (Å²) in [6, 6.07) is 15.3. The van der Waals surface area contributed by atoms with Crippen molar-refractivity contribution in [1.29, 1.82) is 0 Å². The zero-order valence-corrected chi connectivity index (χ0v) is 16.4. The molecule has 0 bridgehead atoms. The van der Waals surface area contributed by atoms with E-state index in [9.17, 15) is 4.79 Å². The number of tetrazole rings is 1. The van der Waals surface area contributed by atoms with Crippen LogP contribution in [0.1, 0.15) is 34.8 Å². The molecule has 1 saturated heterocycles. The molecule has 1 aromatic heterocycles. The normalized spacial score (nSPS) is 15.2. The number of para-hydroxylation sites is 1. The third-order valence-electron chi connectivity index (χ3n) is 5.26. The van der Waals surface area contributed by atoms with E-state index in [0.717, 1.165) is 30.1 Å². The highest BCUT2D eigenvalue weighted by atomic mass is 16.5.